The van der Waals surface area contributed by atoms with Gasteiger partial charge in [-0.05, 0) is 180 Å². The zero-order valence-electron chi connectivity index (χ0n) is 52.3. The first-order valence-corrected chi connectivity index (χ1v) is 33.6. The van der Waals surface area contributed by atoms with E-state index in [0.717, 1.165) is 0 Å². The number of benzene rings is 14. The van der Waals surface area contributed by atoms with E-state index in [1.807, 2.05) is 0 Å². The molecule has 1 spiro atoms. The first kappa shape index (κ1) is 53.9. The molecule has 0 amide bonds. The highest BCUT2D eigenvalue weighted by atomic mass is 14.6. The summed E-state index contributed by atoms with van der Waals surface area (Å²) in [5, 5.41) is 0. The highest BCUT2D eigenvalue weighted by molar-refractivity contribution is 6.18. The maximum Gasteiger partial charge on any atom is 0.0725 e. The van der Waals surface area contributed by atoms with Crippen molar-refractivity contribution >= 4 is 34.4 Å². The molecule has 0 bridgehead atoms. The summed E-state index contributed by atoms with van der Waals surface area (Å²) < 4.78 is 0. The number of hydrogen-bond donors (Lipinski definition) is 0. The summed E-state index contributed by atoms with van der Waals surface area (Å²) in [5.41, 5.74) is 31.9. The van der Waals surface area contributed by atoms with Gasteiger partial charge >= 0.3 is 0 Å². The van der Waals surface area contributed by atoms with Gasteiger partial charge < -0.3 is 0 Å². The van der Waals surface area contributed by atoms with Crippen molar-refractivity contribution in [1.29, 1.82) is 0 Å². The fourth-order valence-electron chi connectivity index (χ4n) is 19.6. The molecule has 0 fully saturated rings. The van der Waals surface area contributed by atoms with Crippen molar-refractivity contribution in [3.63, 3.8) is 0 Å². The quantitative estimate of drug-likeness (QED) is 0.142. The van der Waals surface area contributed by atoms with E-state index in [1.54, 1.807) is 0 Å². The van der Waals surface area contributed by atoms with E-state index in [4.69, 9.17) is 0 Å². The Balaban J connectivity index is 0.983. The van der Waals surface area contributed by atoms with E-state index in [0.29, 0.717) is 0 Å². The third-order valence-electron chi connectivity index (χ3n) is 22.8. The lowest BCUT2D eigenvalue weighted by molar-refractivity contribution is 0.751. The van der Waals surface area contributed by atoms with Gasteiger partial charge in [-0.2, -0.15) is 0 Å². The van der Waals surface area contributed by atoms with Crippen LogP contribution in [0.1, 0.15) is 122 Å². The summed E-state index contributed by atoms with van der Waals surface area (Å²) in [5.74, 6) is 0. The molecule has 0 aromatic heterocycles. The van der Waals surface area contributed by atoms with Crippen molar-refractivity contribution in [2.45, 2.75) is 27.1 Å². The summed E-state index contributed by atoms with van der Waals surface area (Å²) in [6.45, 7) is 0. The average Bonchev–Trinajstić information content (AvgIpc) is 1.49. The Hall–Kier alpha value is -11.7. The van der Waals surface area contributed by atoms with E-state index >= 15 is 0 Å². The van der Waals surface area contributed by atoms with Crippen molar-refractivity contribution < 1.29 is 0 Å². The van der Waals surface area contributed by atoms with Gasteiger partial charge in [0.05, 0.1) is 27.1 Å². The van der Waals surface area contributed by atoms with Crippen LogP contribution in [0.4, 0.5) is 0 Å². The molecule has 0 nitrogen and oxygen atoms in total. The van der Waals surface area contributed by atoms with Gasteiger partial charge in [-0.3, -0.25) is 0 Å². The van der Waals surface area contributed by atoms with Crippen molar-refractivity contribution in [2.75, 3.05) is 0 Å². The minimum absolute atomic E-state index is 0.725. The molecule has 6 aliphatic rings. The minimum atomic E-state index is -0.844. The van der Waals surface area contributed by atoms with Crippen LogP contribution in [0.5, 0.6) is 0 Å². The first-order chi connectivity index (χ1) is 47.2. The van der Waals surface area contributed by atoms with E-state index in [9.17, 15) is 0 Å². The Morgan fingerprint density at radius 2 is 0.337 bits per heavy atom. The Morgan fingerprint density at radius 1 is 0.137 bits per heavy atom. The molecule has 14 aromatic carbocycles. The van der Waals surface area contributed by atoms with Gasteiger partial charge in [-0.25, -0.2) is 0 Å². The van der Waals surface area contributed by atoms with E-state index < -0.39 is 27.1 Å². The molecule has 6 aliphatic carbocycles. The molecule has 0 atom stereocenters. The van der Waals surface area contributed by atoms with Crippen LogP contribution in [0.15, 0.2) is 364 Å². The molecule has 14 aromatic rings. The van der Waals surface area contributed by atoms with Gasteiger partial charge in [0.25, 0.3) is 0 Å². The Morgan fingerprint density at radius 3 is 0.600 bits per heavy atom. The third-order valence-corrected chi connectivity index (χ3v) is 22.8. The average molecular weight is 1200 g/mol. The molecular weight excluding hydrogens is 1140 g/mol. The van der Waals surface area contributed by atoms with Gasteiger partial charge in [-0.15, -0.1) is 0 Å². The number of hydrogen-bond acceptors (Lipinski definition) is 0. The predicted molar refractivity (Wildman–Crippen MR) is 390 cm³/mol. The van der Waals surface area contributed by atoms with Crippen LogP contribution in [0, 0.1) is 0 Å². The zero-order valence-corrected chi connectivity index (χ0v) is 52.3. The Kier molecular flexibility index (Phi) is 11.4. The molecule has 442 valence electrons. The number of allylic oxidation sites excluding steroid dienone is 4. The summed E-state index contributed by atoms with van der Waals surface area (Å²) >= 11 is 0. The maximum absolute atomic E-state index is 2.73. The van der Waals surface area contributed by atoms with Gasteiger partial charge in [0, 0.05) is 0 Å². The van der Waals surface area contributed by atoms with Gasteiger partial charge in [0.2, 0.25) is 0 Å². The highest BCUT2D eigenvalue weighted by Crippen LogP contribution is 2.74. The molecule has 0 saturated carbocycles. The van der Waals surface area contributed by atoms with Crippen LogP contribution in [0.3, 0.4) is 0 Å². The molecule has 0 radical (unpaired) electrons. The zero-order chi connectivity index (χ0) is 62.5. The fourth-order valence-corrected chi connectivity index (χ4v) is 19.6. The van der Waals surface area contributed by atoms with Crippen LogP contribution in [-0.4, -0.2) is 0 Å². The second-order valence-electron chi connectivity index (χ2n) is 26.7. The first-order valence-electron chi connectivity index (χ1n) is 33.6. The lowest BCUT2D eigenvalue weighted by Crippen LogP contribution is -2.34. The Bertz CT molecular complexity index is 5040. The summed E-state index contributed by atoms with van der Waals surface area (Å²) in [6, 6.07) is 140. The largest absolute Gasteiger partial charge is 0.0725 e. The second-order valence-corrected chi connectivity index (χ2v) is 26.7. The second kappa shape index (κ2) is 20.2. The lowest BCUT2D eigenvalue weighted by Gasteiger charge is -2.41. The van der Waals surface area contributed by atoms with Crippen molar-refractivity contribution in [2.24, 2.45) is 0 Å². The summed E-state index contributed by atoms with van der Waals surface area (Å²) in [6.07, 6.45) is 5.02. The molecule has 20 rings (SSSR count). The summed E-state index contributed by atoms with van der Waals surface area (Å²) in [4.78, 5) is 0. The fraction of sp³-hybridized carbons (Fsp3) is 0.0526. The van der Waals surface area contributed by atoms with Crippen molar-refractivity contribution in [3.8, 4) is 11.1 Å². The Labute approximate surface area is 555 Å². The molecule has 0 heteroatoms. The van der Waals surface area contributed by atoms with Gasteiger partial charge in [0.1, 0.15) is 0 Å². The van der Waals surface area contributed by atoms with Crippen LogP contribution >= 0.6 is 0 Å². The molecule has 95 heavy (non-hydrogen) atoms. The van der Waals surface area contributed by atoms with E-state index in [1.165, 1.54) is 156 Å². The normalized spacial score (nSPS) is 16.5. The van der Waals surface area contributed by atoms with E-state index in [-0.39, 0.29) is 0 Å². The third kappa shape index (κ3) is 6.71. The van der Waals surface area contributed by atoms with Gasteiger partial charge in [-0.1, -0.05) is 352 Å². The topological polar surface area (TPSA) is 0 Å². The molecular formula is C95H62. The maximum atomic E-state index is 2.73. The summed E-state index contributed by atoms with van der Waals surface area (Å²) in [7, 11) is 0. The van der Waals surface area contributed by atoms with Crippen LogP contribution < -0.4 is 0 Å². The van der Waals surface area contributed by atoms with Crippen LogP contribution in [-0.2, 0) is 27.1 Å². The number of rotatable bonds is 8. The molecule has 0 N–H and O–H groups in total. The van der Waals surface area contributed by atoms with Crippen LogP contribution in [0.2, 0.25) is 0 Å². The lowest BCUT2D eigenvalue weighted by atomic mass is 9.60. The predicted octanol–water partition coefficient (Wildman–Crippen LogP) is 21.7. The smallest absolute Gasteiger partial charge is 0.0622 e. The van der Waals surface area contributed by atoms with Crippen molar-refractivity contribution in [1.82, 2.24) is 0 Å². The minimum Gasteiger partial charge on any atom is -0.0622 e. The molecule has 0 saturated heterocycles. The van der Waals surface area contributed by atoms with E-state index in [2.05, 4.69) is 376 Å². The molecule has 0 aliphatic heterocycles. The monoisotopic (exact) mass is 1200 g/mol. The standard InChI is InChI=1S/C95H62/c1-9-33-65(34-10-1)91(66-35-11-2-12-36-66)81-55-31-27-51-75(81)87-89(91)77-61-83-63(59-85(77)93(87,69-41-17-5-18-42-69)70-43-19-6-20-44-70)57-58-64-60-86-78(62-84(64)95(83)79-53-29-25-49-73(79)74-50-26-30-54-80(74)95)90-88(94(86,71-45-21-7-22-46-71)72-47-23-8-24-48-72)76-52-28-32-56-82(76)92(90,67-37-13-3-14-38-67)68-39-15-4-16-40-68/h1-62H. The molecule has 0 unspecified atom stereocenters. The van der Waals surface area contributed by atoms with Gasteiger partial charge in [0.15, 0.2) is 0 Å². The highest BCUT2D eigenvalue weighted by Gasteiger charge is 2.63. The number of fused-ring (bicyclic) bond motifs is 17. The van der Waals surface area contributed by atoms with Crippen molar-refractivity contribution in [3.05, 3.63) is 486 Å². The SMILES string of the molecule is C1=Cc2cc3c(cc2C2(c4cc5c(cc41)C(c1ccccc1)(c1ccccc1)C1=C5C(c4ccccc4)(c4ccccc4)c4ccccc41)c1ccccc1-c1ccccc12)C1=C(c2ccccc2C1(c1ccccc1)c1ccccc1)C3(c1ccccc1)c1ccccc1. The molecule has 0 heterocycles. The van der Waals surface area contributed by atoms with Crippen LogP contribution in [0.25, 0.3) is 45.6 Å².